The Labute approximate surface area is 137 Å². The molecule has 0 unspecified atom stereocenters. The molecule has 5 heteroatoms. The topological polar surface area (TPSA) is 48.0 Å². The summed E-state index contributed by atoms with van der Waals surface area (Å²) in [4.78, 5) is 13.8. The van der Waals surface area contributed by atoms with Gasteiger partial charge in [-0.2, -0.15) is 0 Å². The number of hydrogen-bond acceptors (Lipinski definition) is 4. The van der Waals surface area contributed by atoms with Gasteiger partial charge in [-0.05, 0) is 49.4 Å². The van der Waals surface area contributed by atoms with E-state index in [0.717, 1.165) is 6.42 Å². The lowest BCUT2D eigenvalue weighted by Crippen LogP contribution is -2.38. The largest absolute Gasteiger partial charge is 0.444 e. The number of rotatable bonds is 2. The number of ether oxygens (including phenoxy) is 3. The molecule has 126 valence electrons. The molecule has 0 aromatic heterocycles. The van der Waals surface area contributed by atoms with Gasteiger partial charge >= 0.3 is 6.09 Å². The zero-order valence-corrected chi connectivity index (χ0v) is 14.3. The van der Waals surface area contributed by atoms with Crippen molar-refractivity contribution in [3.05, 3.63) is 34.4 Å². The van der Waals surface area contributed by atoms with E-state index < -0.39 is 5.60 Å². The molecule has 1 atom stereocenters. The molecule has 0 spiro atoms. The van der Waals surface area contributed by atoms with Gasteiger partial charge in [-0.25, -0.2) is 4.79 Å². The number of hydrogen-bond donors (Lipinski definition) is 0. The molecular formula is C18H25NO4. The third-order valence-corrected chi connectivity index (χ3v) is 4.21. The predicted octanol–water partition coefficient (Wildman–Crippen LogP) is 3.20. The summed E-state index contributed by atoms with van der Waals surface area (Å²) in [6.07, 6.45) is 0.472. The van der Waals surface area contributed by atoms with Crippen molar-refractivity contribution >= 4 is 6.09 Å². The summed E-state index contributed by atoms with van der Waals surface area (Å²) in [6.45, 7) is 8.07. The quantitative estimate of drug-likeness (QED) is 0.840. The van der Waals surface area contributed by atoms with Gasteiger partial charge in [0.25, 0.3) is 0 Å². The molecule has 0 N–H and O–H groups in total. The highest BCUT2D eigenvalue weighted by atomic mass is 16.6. The minimum absolute atomic E-state index is 0.118. The van der Waals surface area contributed by atoms with E-state index in [2.05, 4.69) is 12.1 Å². The van der Waals surface area contributed by atoms with E-state index in [-0.39, 0.29) is 12.2 Å². The summed E-state index contributed by atoms with van der Waals surface area (Å²) < 4.78 is 17.0. The Kier molecular flexibility index (Phi) is 4.34. The second kappa shape index (κ2) is 6.13. The van der Waals surface area contributed by atoms with Gasteiger partial charge in [0.05, 0.1) is 26.4 Å². The molecule has 0 radical (unpaired) electrons. The van der Waals surface area contributed by atoms with Gasteiger partial charge in [0.2, 0.25) is 0 Å². The van der Waals surface area contributed by atoms with Crippen LogP contribution in [0.25, 0.3) is 0 Å². The van der Waals surface area contributed by atoms with E-state index in [0.29, 0.717) is 26.4 Å². The maximum Gasteiger partial charge on any atom is 0.410 e. The van der Waals surface area contributed by atoms with Gasteiger partial charge in [-0.15, -0.1) is 0 Å². The van der Waals surface area contributed by atoms with Crippen LogP contribution in [0.5, 0.6) is 0 Å². The van der Waals surface area contributed by atoms with E-state index in [1.807, 2.05) is 20.8 Å². The van der Waals surface area contributed by atoms with Gasteiger partial charge < -0.3 is 19.1 Å². The summed E-state index contributed by atoms with van der Waals surface area (Å²) in [5.74, 6) is 0. The SMILES string of the molecule is CN(C[C@@H]1OCCc2ccc3c(c21)COC3)C(=O)OC(C)(C)C. The number of benzene rings is 1. The van der Waals surface area contributed by atoms with Crippen LogP contribution >= 0.6 is 0 Å². The predicted molar refractivity (Wildman–Crippen MR) is 86.2 cm³/mol. The van der Waals surface area contributed by atoms with Crippen molar-refractivity contribution in [3.8, 4) is 0 Å². The molecule has 0 fully saturated rings. The first-order chi connectivity index (χ1) is 10.8. The third kappa shape index (κ3) is 3.51. The number of fused-ring (bicyclic) bond motifs is 3. The Morgan fingerprint density at radius 2 is 2.04 bits per heavy atom. The standard InChI is InChI=1S/C18H25NO4/c1-18(2,3)23-17(20)19(4)9-15-16-12(7-8-22-15)5-6-13-10-21-11-14(13)16/h5-6,15H,7-11H2,1-4H3/t15-/m0/s1. The second-order valence-electron chi connectivity index (χ2n) is 7.24. The maximum absolute atomic E-state index is 12.2. The molecule has 5 nitrogen and oxygen atoms in total. The van der Waals surface area contributed by atoms with Gasteiger partial charge in [-0.3, -0.25) is 0 Å². The van der Waals surface area contributed by atoms with Crippen molar-refractivity contribution in [3.63, 3.8) is 0 Å². The van der Waals surface area contributed by atoms with E-state index in [1.165, 1.54) is 22.3 Å². The summed E-state index contributed by atoms with van der Waals surface area (Å²) in [6, 6.07) is 4.33. The Hall–Kier alpha value is -1.59. The molecule has 2 aliphatic rings. The summed E-state index contributed by atoms with van der Waals surface area (Å²) in [7, 11) is 1.76. The average molecular weight is 319 g/mol. The molecule has 3 rings (SSSR count). The number of amides is 1. The number of likely N-dealkylation sites (N-methyl/N-ethyl adjacent to an activating group) is 1. The molecule has 2 heterocycles. The summed E-state index contributed by atoms with van der Waals surface area (Å²) in [5.41, 5.74) is 4.50. The van der Waals surface area contributed by atoms with Crippen LogP contribution in [0.3, 0.4) is 0 Å². The van der Waals surface area contributed by atoms with Gasteiger partial charge in [0, 0.05) is 7.05 Å². The number of carbonyl (C=O) groups excluding carboxylic acids is 1. The zero-order chi connectivity index (χ0) is 16.6. The van der Waals surface area contributed by atoms with Gasteiger partial charge in [0.1, 0.15) is 11.7 Å². The highest BCUT2D eigenvalue weighted by molar-refractivity contribution is 5.67. The lowest BCUT2D eigenvalue weighted by atomic mass is 9.90. The van der Waals surface area contributed by atoms with Gasteiger partial charge in [0.15, 0.2) is 0 Å². The molecule has 0 saturated carbocycles. The fourth-order valence-corrected chi connectivity index (χ4v) is 3.15. The lowest BCUT2D eigenvalue weighted by Gasteiger charge is -2.32. The minimum atomic E-state index is -0.494. The Morgan fingerprint density at radius 3 is 2.78 bits per heavy atom. The third-order valence-electron chi connectivity index (χ3n) is 4.21. The van der Waals surface area contributed by atoms with Crippen LogP contribution < -0.4 is 0 Å². The first-order valence-corrected chi connectivity index (χ1v) is 8.12. The monoisotopic (exact) mass is 319 g/mol. The molecule has 1 amide bonds. The van der Waals surface area contributed by atoms with Gasteiger partial charge in [-0.1, -0.05) is 12.1 Å². The minimum Gasteiger partial charge on any atom is -0.444 e. The fourth-order valence-electron chi connectivity index (χ4n) is 3.15. The van der Waals surface area contributed by atoms with Crippen LogP contribution in [-0.4, -0.2) is 36.8 Å². The fraction of sp³-hybridized carbons (Fsp3) is 0.611. The molecule has 0 bridgehead atoms. The van der Waals surface area contributed by atoms with Crippen LogP contribution in [0.4, 0.5) is 4.79 Å². The highest BCUT2D eigenvalue weighted by Crippen LogP contribution is 2.36. The van der Waals surface area contributed by atoms with Crippen molar-refractivity contribution in [1.82, 2.24) is 4.90 Å². The first-order valence-electron chi connectivity index (χ1n) is 8.12. The Morgan fingerprint density at radius 1 is 1.30 bits per heavy atom. The van der Waals surface area contributed by atoms with Crippen LogP contribution in [0.1, 0.15) is 49.1 Å². The maximum atomic E-state index is 12.2. The van der Waals surface area contributed by atoms with E-state index in [1.54, 1.807) is 11.9 Å². The van der Waals surface area contributed by atoms with Crippen LogP contribution in [-0.2, 0) is 33.8 Å². The zero-order valence-electron chi connectivity index (χ0n) is 14.3. The Bertz CT molecular complexity index is 606. The summed E-state index contributed by atoms with van der Waals surface area (Å²) in [5, 5.41) is 0. The van der Waals surface area contributed by atoms with Crippen LogP contribution in [0, 0.1) is 0 Å². The number of nitrogens with zero attached hydrogens (tertiary/aromatic N) is 1. The van der Waals surface area contributed by atoms with E-state index in [9.17, 15) is 4.79 Å². The molecule has 2 aliphatic heterocycles. The van der Waals surface area contributed by atoms with Crippen molar-refractivity contribution in [1.29, 1.82) is 0 Å². The summed E-state index contributed by atoms with van der Waals surface area (Å²) >= 11 is 0. The van der Waals surface area contributed by atoms with Crippen LogP contribution in [0.15, 0.2) is 12.1 Å². The molecule has 23 heavy (non-hydrogen) atoms. The van der Waals surface area contributed by atoms with E-state index in [4.69, 9.17) is 14.2 Å². The number of carbonyl (C=O) groups is 1. The normalized spacial score (nSPS) is 19.9. The van der Waals surface area contributed by atoms with Crippen molar-refractivity contribution in [2.24, 2.45) is 0 Å². The molecule has 1 aromatic carbocycles. The second-order valence-corrected chi connectivity index (χ2v) is 7.24. The smallest absolute Gasteiger partial charge is 0.410 e. The molecule has 0 aliphatic carbocycles. The van der Waals surface area contributed by atoms with Crippen molar-refractivity contribution < 1.29 is 19.0 Å². The van der Waals surface area contributed by atoms with Crippen molar-refractivity contribution in [2.75, 3.05) is 20.2 Å². The Balaban J connectivity index is 1.78. The highest BCUT2D eigenvalue weighted by Gasteiger charge is 2.30. The van der Waals surface area contributed by atoms with E-state index >= 15 is 0 Å². The average Bonchev–Trinajstić information content (AvgIpc) is 2.94. The molecule has 0 saturated heterocycles. The first kappa shape index (κ1) is 16.3. The molecular weight excluding hydrogens is 294 g/mol. The van der Waals surface area contributed by atoms with Crippen LogP contribution in [0.2, 0.25) is 0 Å². The molecule has 1 aromatic rings. The lowest BCUT2D eigenvalue weighted by molar-refractivity contribution is -0.00228. The van der Waals surface area contributed by atoms with Crippen molar-refractivity contribution in [2.45, 2.75) is 52.1 Å².